The fraction of sp³-hybridized carbons (Fsp3) is 0.125. The highest BCUT2D eigenvalue weighted by Crippen LogP contribution is 2.40. The van der Waals surface area contributed by atoms with Crippen LogP contribution in [0.4, 0.5) is 5.69 Å². The van der Waals surface area contributed by atoms with Gasteiger partial charge in [-0.2, -0.15) is 0 Å². The molecule has 6 heteroatoms. The lowest BCUT2D eigenvalue weighted by Crippen LogP contribution is -2.43. The molecule has 1 aliphatic rings. The maximum absolute atomic E-state index is 12.6. The van der Waals surface area contributed by atoms with Crippen molar-refractivity contribution in [2.45, 2.75) is 6.10 Å². The smallest absolute Gasteiger partial charge is 0.323 e. The summed E-state index contributed by atoms with van der Waals surface area (Å²) in [4.78, 5) is 24.9. The standard InChI is InChI=1S/C16H12ClNO4/c17-11-6-7-13-12(8-11)18(9-14(19)20)16(21)15(22-13)10-4-2-1-3-5-10/h1-8,15H,9H2,(H,19,20). The van der Waals surface area contributed by atoms with Crippen molar-refractivity contribution in [2.24, 2.45) is 0 Å². The lowest BCUT2D eigenvalue weighted by Gasteiger charge is -2.33. The summed E-state index contributed by atoms with van der Waals surface area (Å²) in [6, 6.07) is 13.8. The van der Waals surface area contributed by atoms with Gasteiger partial charge in [0.1, 0.15) is 12.3 Å². The largest absolute Gasteiger partial charge is 0.480 e. The summed E-state index contributed by atoms with van der Waals surface area (Å²) in [6.45, 7) is -0.446. The van der Waals surface area contributed by atoms with E-state index in [1.807, 2.05) is 6.07 Å². The molecule has 112 valence electrons. The molecule has 2 aromatic rings. The van der Waals surface area contributed by atoms with E-state index in [1.165, 1.54) is 11.0 Å². The summed E-state index contributed by atoms with van der Waals surface area (Å²) < 4.78 is 5.75. The monoisotopic (exact) mass is 317 g/mol. The first-order chi connectivity index (χ1) is 10.6. The fourth-order valence-electron chi connectivity index (χ4n) is 2.38. The van der Waals surface area contributed by atoms with Crippen LogP contribution in [-0.2, 0) is 9.59 Å². The molecule has 0 spiro atoms. The molecule has 1 atom stereocenters. The number of amides is 1. The van der Waals surface area contributed by atoms with Crippen LogP contribution >= 0.6 is 11.6 Å². The Morgan fingerprint density at radius 3 is 2.64 bits per heavy atom. The Morgan fingerprint density at radius 2 is 1.95 bits per heavy atom. The van der Waals surface area contributed by atoms with Gasteiger partial charge in [0.2, 0.25) is 6.10 Å². The SMILES string of the molecule is O=C(O)CN1C(=O)C(c2ccccc2)Oc2ccc(Cl)cc21. The second-order valence-corrected chi connectivity index (χ2v) is 5.28. The van der Waals surface area contributed by atoms with Crippen LogP contribution in [0.1, 0.15) is 11.7 Å². The Kier molecular flexibility index (Phi) is 3.73. The molecule has 5 nitrogen and oxygen atoms in total. The van der Waals surface area contributed by atoms with E-state index in [0.29, 0.717) is 22.0 Å². The quantitative estimate of drug-likeness (QED) is 0.945. The number of carboxylic acid groups (broad SMARTS) is 1. The number of carbonyl (C=O) groups is 2. The fourth-order valence-corrected chi connectivity index (χ4v) is 2.54. The number of fused-ring (bicyclic) bond motifs is 1. The zero-order chi connectivity index (χ0) is 15.7. The zero-order valence-corrected chi connectivity index (χ0v) is 12.2. The van der Waals surface area contributed by atoms with Crippen LogP contribution in [-0.4, -0.2) is 23.5 Å². The van der Waals surface area contributed by atoms with Gasteiger partial charge in [-0.1, -0.05) is 41.9 Å². The summed E-state index contributed by atoms with van der Waals surface area (Å²) in [6.07, 6.45) is -0.866. The molecule has 1 N–H and O–H groups in total. The number of nitrogens with zero attached hydrogens (tertiary/aromatic N) is 1. The van der Waals surface area contributed by atoms with Gasteiger partial charge in [-0.3, -0.25) is 14.5 Å². The molecule has 1 aliphatic heterocycles. The van der Waals surface area contributed by atoms with Crippen LogP contribution in [0.15, 0.2) is 48.5 Å². The topological polar surface area (TPSA) is 66.8 Å². The van der Waals surface area contributed by atoms with E-state index in [1.54, 1.807) is 36.4 Å². The van der Waals surface area contributed by atoms with E-state index >= 15 is 0 Å². The van der Waals surface area contributed by atoms with Crippen molar-refractivity contribution in [3.63, 3.8) is 0 Å². The van der Waals surface area contributed by atoms with Crippen molar-refractivity contribution in [1.82, 2.24) is 0 Å². The van der Waals surface area contributed by atoms with Gasteiger partial charge in [-0.15, -0.1) is 0 Å². The first kappa shape index (κ1) is 14.4. The molecule has 1 unspecified atom stereocenters. The van der Waals surface area contributed by atoms with Crippen LogP contribution in [0, 0.1) is 0 Å². The minimum Gasteiger partial charge on any atom is -0.480 e. The highest BCUT2D eigenvalue weighted by molar-refractivity contribution is 6.31. The van der Waals surface area contributed by atoms with Crippen molar-refractivity contribution in [3.05, 3.63) is 59.1 Å². The van der Waals surface area contributed by atoms with E-state index in [4.69, 9.17) is 21.4 Å². The van der Waals surface area contributed by atoms with Crippen LogP contribution < -0.4 is 9.64 Å². The molecule has 0 aromatic heterocycles. The van der Waals surface area contributed by atoms with Gasteiger partial charge in [0.25, 0.3) is 5.91 Å². The number of ether oxygens (including phenoxy) is 1. The predicted octanol–water partition coefficient (Wildman–Crippen LogP) is 2.89. The highest BCUT2D eigenvalue weighted by atomic mass is 35.5. The molecule has 0 fully saturated rings. The maximum atomic E-state index is 12.6. The van der Waals surface area contributed by atoms with Crippen LogP contribution in [0.3, 0.4) is 0 Å². The number of rotatable bonds is 3. The molecule has 22 heavy (non-hydrogen) atoms. The van der Waals surface area contributed by atoms with Crippen molar-refractivity contribution < 1.29 is 19.4 Å². The third kappa shape index (κ3) is 2.63. The Hall–Kier alpha value is -2.53. The first-order valence-corrected chi connectivity index (χ1v) is 6.98. The molecule has 0 saturated carbocycles. The second kappa shape index (κ2) is 5.69. The van der Waals surface area contributed by atoms with Crippen molar-refractivity contribution in [3.8, 4) is 5.75 Å². The Bertz CT molecular complexity index is 732. The maximum Gasteiger partial charge on any atom is 0.323 e. The number of anilines is 1. The van der Waals surface area contributed by atoms with E-state index in [2.05, 4.69) is 0 Å². The third-order valence-electron chi connectivity index (χ3n) is 3.34. The van der Waals surface area contributed by atoms with E-state index in [0.717, 1.165) is 0 Å². The van der Waals surface area contributed by atoms with E-state index in [9.17, 15) is 9.59 Å². The lowest BCUT2D eigenvalue weighted by molar-refractivity contribution is -0.138. The average molecular weight is 318 g/mol. The number of hydrogen-bond donors (Lipinski definition) is 1. The van der Waals surface area contributed by atoms with Gasteiger partial charge >= 0.3 is 5.97 Å². The molecule has 1 heterocycles. The normalized spacial score (nSPS) is 16.9. The van der Waals surface area contributed by atoms with Crippen molar-refractivity contribution >= 4 is 29.2 Å². The Morgan fingerprint density at radius 1 is 1.23 bits per heavy atom. The molecular formula is C16H12ClNO4. The lowest BCUT2D eigenvalue weighted by atomic mass is 10.1. The minimum absolute atomic E-state index is 0.368. The van der Waals surface area contributed by atoms with Gasteiger partial charge in [-0.05, 0) is 18.2 Å². The molecule has 0 bridgehead atoms. The number of benzene rings is 2. The van der Waals surface area contributed by atoms with Gasteiger partial charge in [-0.25, -0.2) is 0 Å². The Labute approximate surface area is 131 Å². The van der Waals surface area contributed by atoms with Crippen LogP contribution in [0.2, 0.25) is 5.02 Å². The predicted molar refractivity (Wildman–Crippen MR) is 81.3 cm³/mol. The second-order valence-electron chi connectivity index (χ2n) is 4.84. The summed E-state index contributed by atoms with van der Waals surface area (Å²) in [5, 5.41) is 9.47. The molecule has 0 saturated heterocycles. The summed E-state index contributed by atoms with van der Waals surface area (Å²) in [5.41, 5.74) is 1.04. The number of aliphatic carboxylic acids is 1. The average Bonchev–Trinajstić information content (AvgIpc) is 2.51. The third-order valence-corrected chi connectivity index (χ3v) is 3.58. The van der Waals surface area contributed by atoms with Gasteiger partial charge in [0.05, 0.1) is 5.69 Å². The van der Waals surface area contributed by atoms with Gasteiger partial charge < -0.3 is 9.84 Å². The van der Waals surface area contributed by atoms with Crippen molar-refractivity contribution in [1.29, 1.82) is 0 Å². The Balaban J connectivity index is 2.06. The molecule has 1 amide bonds. The molecule has 3 rings (SSSR count). The molecule has 2 aromatic carbocycles. The first-order valence-electron chi connectivity index (χ1n) is 6.60. The molecular weight excluding hydrogens is 306 g/mol. The van der Waals surface area contributed by atoms with Crippen molar-refractivity contribution in [2.75, 3.05) is 11.4 Å². The zero-order valence-electron chi connectivity index (χ0n) is 11.4. The van der Waals surface area contributed by atoms with Crippen LogP contribution in [0.25, 0.3) is 0 Å². The number of carboxylic acids is 1. The van der Waals surface area contributed by atoms with Gasteiger partial charge in [0, 0.05) is 10.6 Å². The number of carbonyl (C=O) groups excluding carboxylic acids is 1. The number of hydrogen-bond acceptors (Lipinski definition) is 3. The van der Waals surface area contributed by atoms with E-state index < -0.39 is 24.5 Å². The van der Waals surface area contributed by atoms with Crippen LogP contribution in [0.5, 0.6) is 5.75 Å². The summed E-state index contributed by atoms with van der Waals surface area (Å²) >= 11 is 5.94. The van der Waals surface area contributed by atoms with Gasteiger partial charge in [0.15, 0.2) is 0 Å². The molecule has 0 radical (unpaired) electrons. The number of halogens is 1. The minimum atomic E-state index is -1.10. The molecule has 0 aliphatic carbocycles. The van der Waals surface area contributed by atoms with E-state index in [-0.39, 0.29) is 0 Å². The summed E-state index contributed by atoms with van der Waals surface area (Å²) in [5.74, 6) is -1.10. The highest BCUT2D eigenvalue weighted by Gasteiger charge is 2.36. The summed E-state index contributed by atoms with van der Waals surface area (Å²) in [7, 11) is 0.